The molecule has 0 spiro atoms. The van der Waals surface area contributed by atoms with Gasteiger partial charge in [0.1, 0.15) is 23.4 Å². The third-order valence-corrected chi connectivity index (χ3v) is 9.79. The number of hydrogen-bond acceptors (Lipinski definition) is 10. The van der Waals surface area contributed by atoms with Crippen LogP contribution in [0.5, 0.6) is 11.5 Å². The number of aromatic nitrogens is 3. The van der Waals surface area contributed by atoms with Crippen molar-refractivity contribution >= 4 is 45.9 Å². The Morgan fingerprint density at radius 2 is 1.94 bits per heavy atom. The minimum Gasteiger partial charge on any atom is -0.465 e. The van der Waals surface area contributed by atoms with Gasteiger partial charge >= 0.3 is 5.97 Å². The van der Waals surface area contributed by atoms with Gasteiger partial charge in [0, 0.05) is 25.0 Å². The Morgan fingerprint density at radius 3 is 2.73 bits per heavy atom. The van der Waals surface area contributed by atoms with Gasteiger partial charge < -0.3 is 32.8 Å². The number of para-hydroxylation sites is 1. The van der Waals surface area contributed by atoms with E-state index >= 15 is 0 Å². The molecule has 0 aliphatic carbocycles. The molecule has 0 bridgehead atoms. The highest BCUT2D eigenvalue weighted by molar-refractivity contribution is 6.35. The number of halogens is 3. The summed E-state index contributed by atoms with van der Waals surface area (Å²) < 4.78 is 45.9. The summed E-state index contributed by atoms with van der Waals surface area (Å²) in [5, 5.41) is 0.648. The number of imidazole rings is 1. The minimum absolute atomic E-state index is 0.00384. The van der Waals surface area contributed by atoms with Crippen molar-refractivity contribution in [3.05, 3.63) is 99.7 Å². The van der Waals surface area contributed by atoms with E-state index in [0.29, 0.717) is 83.2 Å². The number of methoxy groups -OCH3 is 1. The van der Waals surface area contributed by atoms with Gasteiger partial charge in [0.2, 0.25) is 0 Å². The van der Waals surface area contributed by atoms with Gasteiger partial charge in [-0.25, -0.2) is 19.2 Å². The monoisotopic (exact) mass is 693 g/mol. The van der Waals surface area contributed by atoms with Crippen molar-refractivity contribution in [2.45, 2.75) is 37.9 Å². The molecule has 248 valence electrons. The van der Waals surface area contributed by atoms with Crippen LogP contribution in [-0.4, -0.2) is 70.9 Å². The number of hydrogen-bond donors (Lipinski definition) is 0. The summed E-state index contributed by atoms with van der Waals surface area (Å²) >= 11 is 12.7. The number of oxazole rings is 1. The Labute approximate surface area is 284 Å². The Balaban J connectivity index is 1.09. The lowest BCUT2D eigenvalue weighted by atomic mass is 10.0. The van der Waals surface area contributed by atoms with Gasteiger partial charge in [0.15, 0.2) is 17.9 Å². The molecule has 3 aromatic carbocycles. The lowest BCUT2D eigenvalue weighted by molar-refractivity contribution is -0.0705. The molecule has 0 unspecified atom stereocenters. The van der Waals surface area contributed by atoms with Crippen molar-refractivity contribution in [1.82, 2.24) is 19.4 Å². The second-order valence-corrected chi connectivity index (χ2v) is 13.0. The molecule has 3 aliphatic rings. The molecule has 2 saturated heterocycles. The Morgan fingerprint density at radius 1 is 1.08 bits per heavy atom. The van der Waals surface area contributed by atoms with Crippen molar-refractivity contribution in [3.8, 4) is 11.5 Å². The summed E-state index contributed by atoms with van der Waals surface area (Å²) in [4.78, 5) is 26.4. The molecule has 0 radical (unpaired) electrons. The molecule has 0 amide bonds. The first-order chi connectivity index (χ1) is 23.2. The van der Waals surface area contributed by atoms with Crippen LogP contribution in [0, 0.1) is 5.82 Å². The molecule has 5 aromatic rings. The maximum absolute atomic E-state index is 15.0. The third kappa shape index (κ3) is 5.23. The van der Waals surface area contributed by atoms with E-state index in [-0.39, 0.29) is 17.6 Å². The van der Waals surface area contributed by atoms with Crippen molar-refractivity contribution < 1.29 is 32.5 Å². The molecule has 48 heavy (non-hydrogen) atoms. The van der Waals surface area contributed by atoms with E-state index in [1.54, 1.807) is 37.5 Å². The van der Waals surface area contributed by atoms with Gasteiger partial charge in [-0.2, -0.15) is 0 Å². The van der Waals surface area contributed by atoms with Gasteiger partial charge in [-0.1, -0.05) is 29.3 Å². The molecule has 8 rings (SSSR count). The van der Waals surface area contributed by atoms with Crippen LogP contribution in [0.2, 0.25) is 10.0 Å². The van der Waals surface area contributed by atoms with Crippen LogP contribution in [0.25, 0.3) is 11.0 Å². The zero-order valence-electron chi connectivity index (χ0n) is 26.0. The van der Waals surface area contributed by atoms with E-state index in [9.17, 15) is 9.18 Å². The fourth-order valence-corrected chi connectivity index (χ4v) is 7.38. The van der Waals surface area contributed by atoms with Gasteiger partial charge in [-0.3, -0.25) is 4.90 Å². The maximum atomic E-state index is 15.0. The summed E-state index contributed by atoms with van der Waals surface area (Å²) in [6.07, 6.45) is 2.96. The summed E-state index contributed by atoms with van der Waals surface area (Å²) in [6, 6.07) is 13.5. The SMILES string of the molecule is COC(=O)c1cc(Cl)c2nc(CN3CCN(c4cccc5c4O[C@](C)(c4ccc(Cl)cc4F)O5)[C@H]4COC[C@H]43)n(Cc3cocn3)c2c1. The largest absolute Gasteiger partial charge is 0.465 e. The number of ether oxygens (including phenoxy) is 4. The Kier molecular flexibility index (Phi) is 7.71. The minimum atomic E-state index is -1.36. The van der Waals surface area contributed by atoms with Crippen LogP contribution in [0.3, 0.4) is 0 Å². The van der Waals surface area contributed by atoms with E-state index in [2.05, 4.69) is 14.8 Å². The maximum Gasteiger partial charge on any atom is 0.337 e. The van der Waals surface area contributed by atoms with E-state index in [1.165, 1.54) is 19.6 Å². The fourth-order valence-electron chi connectivity index (χ4n) is 6.97. The molecule has 11 nitrogen and oxygen atoms in total. The predicted octanol–water partition coefficient (Wildman–Crippen LogP) is 6.04. The summed E-state index contributed by atoms with van der Waals surface area (Å²) in [7, 11) is 1.33. The fraction of sp³-hybridized carbons (Fsp3) is 0.324. The number of anilines is 1. The van der Waals surface area contributed by atoms with Gasteiger partial charge in [-0.05, 0) is 42.5 Å². The first kappa shape index (κ1) is 30.9. The zero-order valence-corrected chi connectivity index (χ0v) is 27.5. The van der Waals surface area contributed by atoms with Crippen LogP contribution in [0.4, 0.5) is 10.1 Å². The summed E-state index contributed by atoms with van der Waals surface area (Å²) in [5.41, 5.74) is 3.41. The van der Waals surface area contributed by atoms with E-state index in [1.807, 2.05) is 22.8 Å². The molecule has 2 fully saturated rings. The number of benzene rings is 3. The van der Waals surface area contributed by atoms with Crippen LogP contribution in [0.1, 0.15) is 34.4 Å². The highest BCUT2D eigenvalue weighted by atomic mass is 35.5. The van der Waals surface area contributed by atoms with Crippen molar-refractivity contribution in [1.29, 1.82) is 0 Å². The molecule has 14 heteroatoms. The van der Waals surface area contributed by atoms with E-state index in [0.717, 1.165) is 11.5 Å². The lowest BCUT2D eigenvalue weighted by Crippen LogP contribution is -2.59. The van der Waals surface area contributed by atoms with Crippen LogP contribution in [-0.2, 0) is 28.4 Å². The standard InChI is InChI=1S/C34H30Cl2FN5O6/c1-34(22-7-6-20(35)12-24(22)37)47-29-5-3-4-25(32(29)48-34)41-9-8-40(27-16-45-17-28(27)41)14-30-39-31-23(36)10-19(33(43)44-2)11-26(31)42(30)13-21-15-46-18-38-21/h3-7,10-12,15,18,27-28H,8-9,13-14,16-17H2,1-2H3/t27-,28+,34-/m1/s1. The van der Waals surface area contributed by atoms with Gasteiger partial charge in [-0.15, -0.1) is 0 Å². The van der Waals surface area contributed by atoms with E-state index < -0.39 is 17.6 Å². The number of esters is 1. The number of piperazine rings is 1. The van der Waals surface area contributed by atoms with Crippen molar-refractivity contribution in [3.63, 3.8) is 0 Å². The third-order valence-electron chi connectivity index (χ3n) is 9.26. The second-order valence-electron chi connectivity index (χ2n) is 12.1. The highest BCUT2D eigenvalue weighted by Gasteiger charge is 2.46. The van der Waals surface area contributed by atoms with Crippen LogP contribution in [0.15, 0.2) is 65.6 Å². The number of carbonyl (C=O) groups is 1. The van der Waals surface area contributed by atoms with Crippen molar-refractivity contribution in [2.75, 3.05) is 38.3 Å². The first-order valence-corrected chi connectivity index (χ1v) is 16.2. The lowest BCUT2D eigenvalue weighted by Gasteiger charge is -2.44. The molecule has 0 N–H and O–H groups in total. The number of rotatable bonds is 7. The normalized spacial score (nSPS) is 22.0. The zero-order chi connectivity index (χ0) is 33.2. The summed E-state index contributed by atoms with van der Waals surface area (Å²) in [5.74, 6) is -0.509. The molecule has 0 saturated carbocycles. The second kappa shape index (κ2) is 12.0. The van der Waals surface area contributed by atoms with Gasteiger partial charge in [0.25, 0.3) is 5.79 Å². The quantitative estimate of drug-likeness (QED) is 0.188. The van der Waals surface area contributed by atoms with Crippen LogP contribution < -0.4 is 14.4 Å². The molecule has 3 atom stereocenters. The highest BCUT2D eigenvalue weighted by Crippen LogP contribution is 2.51. The number of carbonyl (C=O) groups excluding carboxylic acids is 1. The van der Waals surface area contributed by atoms with Gasteiger partial charge in [0.05, 0.1) is 78.5 Å². The van der Waals surface area contributed by atoms with Crippen molar-refractivity contribution in [2.24, 2.45) is 0 Å². The molecule has 2 aromatic heterocycles. The number of nitrogens with zero attached hydrogens (tertiary/aromatic N) is 5. The molecular weight excluding hydrogens is 664 g/mol. The van der Waals surface area contributed by atoms with E-state index in [4.69, 9.17) is 51.6 Å². The predicted molar refractivity (Wildman–Crippen MR) is 174 cm³/mol. The first-order valence-electron chi connectivity index (χ1n) is 15.4. The Bertz CT molecular complexity index is 2040. The van der Waals surface area contributed by atoms with Crippen LogP contribution >= 0.6 is 23.2 Å². The smallest absolute Gasteiger partial charge is 0.337 e. The molecule has 5 heterocycles. The molecule has 3 aliphatic heterocycles. The number of fused-ring (bicyclic) bond motifs is 3. The summed E-state index contributed by atoms with van der Waals surface area (Å²) in [6.45, 7) is 4.95. The average molecular weight is 695 g/mol. The average Bonchev–Trinajstić information content (AvgIpc) is 3.88. The Hall–Kier alpha value is -4.36. The molecular formula is C34H30Cl2FN5O6. The topological polar surface area (TPSA) is 104 Å².